The number of ether oxygens (including phenoxy) is 1. The van der Waals surface area contributed by atoms with Crippen LogP contribution < -0.4 is 14.5 Å². The van der Waals surface area contributed by atoms with E-state index >= 15 is 0 Å². The number of hydrogen-bond donors (Lipinski definition) is 1. The summed E-state index contributed by atoms with van der Waals surface area (Å²) in [5, 5.41) is 4.20. The van der Waals surface area contributed by atoms with Crippen LogP contribution >= 0.6 is 0 Å². The third-order valence-corrected chi connectivity index (χ3v) is 7.54. The van der Waals surface area contributed by atoms with Crippen molar-refractivity contribution in [3.63, 3.8) is 0 Å². The summed E-state index contributed by atoms with van der Waals surface area (Å²) in [6, 6.07) is 21.0. The van der Waals surface area contributed by atoms with Gasteiger partial charge in [0.2, 0.25) is 0 Å². The van der Waals surface area contributed by atoms with Crippen LogP contribution in [0.1, 0.15) is 44.4 Å². The van der Waals surface area contributed by atoms with Gasteiger partial charge in [-0.1, -0.05) is 68.8 Å². The molecule has 0 aliphatic heterocycles. The summed E-state index contributed by atoms with van der Waals surface area (Å²) >= 11 is 0. The minimum absolute atomic E-state index is 0.0321. The van der Waals surface area contributed by atoms with Gasteiger partial charge in [0.05, 0.1) is 23.4 Å². The molecule has 0 spiro atoms. The van der Waals surface area contributed by atoms with Crippen LogP contribution in [0.15, 0.2) is 82.8 Å². The highest BCUT2D eigenvalue weighted by Gasteiger charge is 2.27. The van der Waals surface area contributed by atoms with Crippen molar-refractivity contribution in [2.75, 3.05) is 18.0 Å². The molecule has 36 heavy (non-hydrogen) atoms. The molecular weight excluding hydrogens is 474 g/mol. The maximum absolute atomic E-state index is 13.5. The number of hydrogen-bond acceptors (Lipinski definition) is 5. The number of methoxy groups -OCH3 is 1. The van der Waals surface area contributed by atoms with Crippen molar-refractivity contribution in [3.05, 3.63) is 89.5 Å². The molecular formula is C28H33N3O4S. The summed E-state index contributed by atoms with van der Waals surface area (Å²) in [5.41, 5.74) is 6.43. The molecule has 1 N–H and O–H groups in total. The maximum Gasteiger partial charge on any atom is 0.264 e. The van der Waals surface area contributed by atoms with Crippen molar-refractivity contribution in [3.8, 4) is 5.75 Å². The molecule has 8 heteroatoms. The first-order valence-corrected chi connectivity index (χ1v) is 13.0. The van der Waals surface area contributed by atoms with E-state index in [-0.39, 0.29) is 10.3 Å². The molecule has 0 heterocycles. The van der Waals surface area contributed by atoms with E-state index in [2.05, 4.69) is 31.3 Å². The lowest BCUT2D eigenvalue weighted by atomic mass is 9.86. The topological polar surface area (TPSA) is 88.1 Å². The zero-order chi connectivity index (χ0) is 26.5. The number of carbonyl (C=O) groups is 1. The second-order valence-corrected chi connectivity index (χ2v) is 11.4. The molecule has 0 atom stereocenters. The molecule has 0 radical (unpaired) electrons. The molecule has 190 valence electrons. The Balaban J connectivity index is 1.85. The van der Waals surface area contributed by atoms with Crippen molar-refractivity contribution in [2.24, 2.45) is 5.10 Å². The van der Waals surface area contributed by atoms with Gasteiger partial charge in [0.25, 0.3) is 15.9 Å². The highest BCUT2D eigenvalue weighted by atomic mass is 32.2. The van der Waals surface area contributed by atoms with E-state index in [1.54, 1.807) is 43.3 Å². The van der Waals surface area contributed by atoms with Gasteiger partial charge in [-0.25, -0.2) is 13.8 Å². The van der Waals surface area contributed by atoms with Gasteiger partial charge in [0.1, 0.15) is 12.3 Å². The standard InChI is InChI=1S/C28H33N3O4S/c1-20-10-16-26(17-11-20)36(33,34)31(24-8-7-9-25(18-24)35-6)19-27(32)30-29-21(2)22-12-14-23(15-13-22)28(3,4)5/h7-18H,19H2,1-6H3,(H,30,32)/b29-21-. The lowest BCUT2D eigenvalue weighted by molar-refractivity contribution is -0.119. The van der Waals surface area contributed by atoms with E-state index in [0.29, 0.717) is 17.1 Å². The van der Waals surface area contributed by atoms with Gasteiger partial charge in [-0.05, 0) is 54.7 Å². The average molecular weight is 508 g/mol. The molecule has 3 aromatic carbocycles. The van der Waals surface area contributed by atoms with Crippen LogP contribution in [0, 0.1) is 6.92 Å². The average Bonchev–Trinajstić information content (AvgIpc) is 2.85. The first-order valence-electron chi connectivity index (χ1n) is 11.6. The predicted octanol–water partition coefficient (Wildman–Crippen LogP) is 5.04. The number of benzene rings is 3. The lowest BCUT2D eigenvalue weighted by Crippen LogP contribution is -2.39. The van der Waals surface area contributed by atoms with Crippen molar-refractivity contribution >= 4 is 27.3 Å². The first kappa shape index (κ1) is 26.9. The van der Waals surface area contributed by atoms with Crippen molar-refractivity contribution in [2.45, 2.75) is 44.9 Å². The van der Waals surface area contributed by atoms with Crippen LogP contribution in [0.25, 0.3) is 0 Å². The quantitative estimate of drug-likeness (QED) is 0.342. The zero-order valence-electron chi connectivity index (χ0n) is 21.6. The fourth-order valence-corrected chi connectivity index (χ4v) is 4.92. The second kappa shape index (κ2) is 11.0. The number of rotatable bonds is 8. The van der Waals surface area contributed by atoms with Crippen molar-refractivity contribution in [1.82, 2.24) is 5.43 Å². The summed E-state index contributed by atoms with van der Waals surface area (Å²) in [5.74, 6) is -0.0937. The lowest BCUT2D eigenvalue weighted by Gasteiger charge is -2.24. The normalized spacial score (nSPS) is 12.2. The molecule has 1 amide bonds. The number of aryl methyl sites for hydroxylation is 1. The number of amides is 1. The largest absolute Gasteiger partial charge is 0.497 e. The van der Waals surface area contributed by atoms with Gasteiger partial charge in [-0.2, -0.15) is 5.10 Å². The number of sulfonamides is 1. The SMILES string of the molecule is COc1cccc(N(CC(=O)N/N=C(/C)c2ccc(C(C)(C)C)cc2)S(=O)(=O)c2ccc(C)cc2)c1. The minimum Gasteiger partial charge on any atom is -0.497 e. The Labute approximate surface area is 213 Å². The number of hydrazone groups is 1. The molecule has 0 fully saturated rings. The van der Waals surface area contributed by atoms with Gasteiger partial charge >= 0.3 is 0 Å². The molecule has 0 saturated carbocycles. The monoisotopic (exact) mass is 507 g/mol. The Bertz CT molecular complexity index is 1340. The first-order chi connectivity index (χ1) is 16.9. The van der Waals surface area contributed by atoms with Gasteiger partial charge < -0.3 is 4.74 Å². The Kier molecular flexibility index (Phi) is 8.20. The van der Waals surface area contributed by atoms with Crippen LogP contribution in [0.4, 0.5) is 5.69 Å². The van der Waals surface area contributed by atoms with E-state index in [4.69, 9.17) is 4.74 Å². The van der Waals surface area contributed by atoms with Crippen LogP contribution in [-0.4, -0.2) is 33.7 Å². The second-order valence-electron chi connectivity index (χ2n) is 9.59. The van der Waals surface area contributed by atoms with Gasteiger partial charge in [0.15, 0.2) is 0 Å². The fraction of sp³-hybridized carbons (Fsp3) is 0.286. The smallest absolute Gasteiger partial charge is 0.264 e. The zero-order valence-corrected chi connectivity index (χ0v) is 22.4. The predicted molar refractivity (Wildman–Crippen MR) is 144 cm³/mol. The van der Waals surface area contributed by atoms with Crippen molar-refractivity contribution in [1.29, 1.82) is 0 Å². The summed E-state index contributed by atoms with van der Waals surface area (Å²) in [7, 11) is -2.54. The Morgan fingerprint density at radius 3 is 2.22 bits per heavy atom. The van der Waals surface area contributed by atoms with Crippen LogP contribution in [0.2, 0.25) is 0 Å². The number of nitrogens with zero attached hydrogens (tertiary/aromatic N) is 2. The van der Waals surface area contributed by atoms with Crippen LogP contribution in [0.3, 0.4) is 0 Å². The van der Waals surface area contributed by atoms with Crippen LogP contribution in [-0.2, 0) is 20.2 Å². The van der Waals surface area contributed by atoms with E-state index in [9.17, 15) is 13.2 Å². The minimum atomic E-state index is -4.03. The fourth-order valence-electron chi connectivity index (χ4n) is 3.51. The molecule has 0 aliphatic rings. The summed E-state index contributed by atoms with van der Waals surface area (Å²) in [4.78, 5) is 13.0. The molecule has 0 aliphatic carbocycles. The van der Waals surface area contributed by atoms with E-state index in [0.717, 1.165) is 15.4 Å². The third kappa shape index (κ3) is 6.51. The summed E-state index contributed by atoms with van der Waals surface area (Å²) < 4.78 is 33.4. The number of nitrogens with one attached hydrogen (secondary N) is 1. The molecule has 7 nitrogen and oxygen atoms in total. The Morgan fingerprint density at radius 2 is 1.64 bits per heavy atom. The molecule has 3 aromatic rings. The van der Waals surface area contributed by atoms with E-state index in [1.165, 1.54) is 24.8 Å². The van der Waals surface area contributed by atoms with E-state index < -0.39 is 22.5 Å². The highest BCUT2D eigenvalue weighted by Crippen LogP contribution is 2.27. The summed E-state index contributed by atoms with van der Waals surface area (Å²) in [6.45, 7) is 9.63. The van der Waals surface area contributed by atoms with Gasteiger partial charge in [-0.15, -0.1) is 0 Å². The number of anilines is 1. The summed E-state index contributed by atoms with van der Waals surface area (Å²) in [6.07, 6.45) is 0. The maximum atomic E-state index is 13.5. The Hall–Kier alpha value is -3.65. The third-order valence-electron chi connectivity index (χ3n) is 5.75. The van der Waals surface area contributed by atoms with Gasteiger partial charge in [-0.3, -0.25) is 9.10 Å². The van der Waals surface area contributed by atoms with Crippen LogP contribution in [0.5, 0.6) is 5.75 Å². The number of carbonyl (C=O) groups excluding carboxylic acids is 1. The van der Waals surface area contributed by atoms with E-state index in [1.807, 2.05) is 31.2 Å². The van der Waals surface area contributed by atoms with Crippen molar-refractivity contribution < 1.29 is 17.9 Å². The molecule has 0 unspecified atom stereocenters. The molecule has 3 rings (SSSR count). The highest BCUT2D eigenvalue weighted by molar-refractivity contribution is 7.92. The molecule has 0 aromatic heterocycles. The Morgan fingerprint density at radius 1 is 1.00 bits per heavy atom. The van der Waals surface area contributed by atoms with Gasteiger partial charge in [0, 0.05) is 6.07 Å². The molecule has 0 saturated heterocycles. The molecule has 0 bridgehead atoms.